The first-order chi connectivity index (χ1) is 6.99. The molecule has 0 aromatic carbocycles. The minimum Gasteiger partial charge on any atom is -0.384 e. The van der Waals surface area contributed by atoms with Gasteiger partial charge in [0.15, 0.2) is 0 Å². The van der Waals surface area contributed by atoms with E-state index < -0.39 is 0 Å². The number of pyridine rings is 1. The number of amides is 1. The average Bonchev–Trinajstić information content (AvgIpc) is 2.08. The lowest BCUT2D eigenvalue weighted by atomic mass is 10.3. The molecule has 1 rings (SSSR count). The molecule has 0 saturated heterocycles. The first-order valence-corrected chi connectivity index (χ1v) is 4.68. The Morgan fingerprint density at radius 3 is 2.67 bits per heavy atom. The molecule has 1 aromatic heterocycles. The smallest absolute Gasteiger partial charge is 0.248 e. The summed E-state index contributed by atoms with van der Waals surface area (Å²) in [5, 5.41) is 2.74. The van der Waals surface area contributed by atoms with Gasteiger partial charge in [0.2, 0.25) is 5.91 Å². The number of hydrogen-bond acceptors (Lipinski definition) is 3. The summed E-state index contributed by atoms with van der Waals surface area (Å²) in [4.78, 5) is 15.5. The maximum atomic E-state index is 11.4. The van der Waals surface area contributed by atoms with Crippen LogP contribution in [0.4, 0.5) is 11.5 Å². The van der Waals surface area contributed by atoms with Crippen LogP contribution in [0.3, 0.4) is 0 Å². The van der Waals surface area contributed by atoms with Gasteiger partial charge in [-0.05, 0) is 32.9 Å². The molecule has 0 bridgehead atoms. The molecular formula is C11H15N3O. The van der Waals surface area contributed by atoms with Crippen molar-refractivity contribution in [2.45, 2.75) is 20.8 Å². The number of aromatic nitrogens is 1. The molecule has 0 aliphatic heterocycles. The fraction of sp³-hybridized carbons (Fsp3) is 0.273. The van der Waals surface area contributed by atoms with Crippen LogP contribution in [0, 0.1) is 6.92 Å². The Morgan fingerprint density at radius 2 is 2.13 bits per heavy atom. The van der Waals surface area contributed by atoms with Crippen molar-refractivity contribution in [1.82, 2.24) is 4.98 Å². The van der Waals surface area contributed by atoms with E-state index in [2.05, 4.69) is 10.3 Å². The standard InChI is InChI=1S/C11H15N3O/c1-7(2)6-11(15)14-9-4-5-10(12)13-8(9)3/h4-6H,1-3H3,(H2,12,13)(H,14,15). The third kappa shape index (κ3) is 3.42. The average molecular weight is 205 g/mol. The molecule has 0 aliphatic carbocycles. The van der Waals surface area contributed by atoms with E-state index in [9.17, 15) is 4.79 Å². The summed E-state index contributed by atoms with van der Waals surface area (Å²) in [6.07, 6.45) is 1.54. The highest BCUT2D eigenvalue weighted by molar-refractivity contribution is 6.00. The number of rotatable bonds is 2. The van der Waals surface area contributed by atoms with Gasteiger partial charge in [0, 0.05) is 6.08 Å². The minimum atomic E-state index is -0.148. The molecule has 1 amide bonds. The van der Waals surface area contributed by atoms with Crippen LogP contribution in [-0.2, 0) is 4.79 Å². The molecule has 1 aromatic rings. The minimum absolute atomic E-state index is 0.148. The van der Waals surface area contributed by atoms with Gasteiger partial charge in [-0.15, -0.1) is 0 Å². The lowest BCUT2D eigenvalue weighted by Crippen LogP contribution is -2.10. The highest BCUT2D eigenvalue weighted by Crippen LogP contribution is 2.13. The molecule has 4 nitrogen and oxygen atoms in total. The van der Waals surface area contributed by atoms with E-state index in [1.165, 1.54) is 6.08 Å². The Kier molecular flexibility index (Phi) is 3.44. The lowest BCUT2D eigenvalue weighted by Gasteiger charge is -2.06. The van der Waals surface area contributed by atoms with Crippen molar-refractivity contribution in [2.75, 3.05) is 11.1 Å². The number of hydrogen-bond donors (Lipinski definition) is 2. The van der Waals surface area contributed by atoms with Crippen molar-refractivity contribution < 1.29 is 4.79 Å². The van der Waals surface area contributed by atoms with Crippen molar-refractivity contribution in [3.05, 3.63) is 29.5 Å². The predicted octanol–water partition coefficient (Wildman–Crippen LogP) is 1.88. The van der Waals surface area contributed by atoms with Crippen LogP contribution in [0.25, 0.3) is 0 Å². The molecule has 0 radical (unpaired) electrons. The fourth-order valence-corrected chi connectivity index (χ4v) is 1.14. The third-order valence-corrected chi connectivity index (χ3v) is 1.78. The molecule has 80 valence electrons. The van der Waals surface area contributed by atoms with Gasteiger partial charge in [-0.3, -0.25) is 4.79 Å². The molecule has 4 heteroatoms. The van der Waals surface area contributed by atoms with Gasteiger partial charge in [0.05, 0.1) is 11.4 Å². The summed E-state index contributed by atoms with van der Waals surface area (Å²) in [5.41, 5.74) is 7.86. The van der Waals surface area contributed by atoms with E-state index in [0.29, 0.717) is 17.2 Å². The lowest BCUT2D eigenvalue weighted by molar-refractivity contribution is -0.111. The van der Waals surface area contributed by atoms with Crippen molar-refractivity contribution in [3.8, 4) is 0 Å². The van der Waals surface area contributed by atoms with Crippen LogP contribution in [0.1, 0.15) is 19.5 Å². The number of carbonyl (C=O) groups is 1. The quantitative estimate of drug-likeness (QED) is 0.724. The van der Waals surface area contributed by atoms with E-state index >= 15 is 0 Å². The van der Waals surface area contributed by atoms with Gasteiger partial charge in [0.25, 0.3) is 0 Å². The Hall–Kier alpha value is -1.84. The Labute approximate surface area is 89.2 Å². The van der Waals surface area contributed by atoms with Crippen LogP contribution in [0.5, 0.6) is 0 Å². The van der Waals surface area contributed by atoms with Crippen molar-refractivity contribution in [3.63, 3.8) is 0 Å². The topological polar surface area (TPSA) is 68.0 Å². The highest BCUT2D eigenvalue weighted by atomic mass is 16.1. The molecule has 0 fully saturated rings. The zero-order chi connectivity index (χ0) is 11.4. The normalized spacial score (nSPS) is 9.53. The number of nitrogen functional groups attached to an aromatic ring is 1. The van der Waals surface area contributed by atoms with Gasteiger partial charge in [-0.2, -0.15) is 0 Å². The van der Waals surface area contributed by atoms with E-state index in [-0.39, 0.29) is 5.91 Å². The van der Waals surface area contributed by atoms with Gasteiger partial charge >= 0.3 is 0 Å². The SMILES string of the molecule is CC(C)=CC(=O)Nc1ccc(N)nc1C. The van der Waals surface area contributed by atoms with Crippen LogP contribution in [-0.4, -0.2) is 10.9 Å². The number of aryl methyl sites for hydroxylation is 1. The maximum absolute atomic E-state index is 11.4. The fourth-order valence-electron chi connectivity index (χ4n) is 1.14. The molecule has 0 aliphatic rings. The van der Waals surface area contributed by atoms with Gasteiger partial charge in [0.1, 0.15) is 5.82 Å². The zero-order valence-corrected chi connectivity index (χ0v) is 9.16. The molecule has 0 unspecified atom stereocenters. The summed E-state index contributed by atoms with van der Waals surface area (Å²) in [5.74, 6) is 0.303. The summed E-state index contributed by atoms with van der Waals surface area (Å²) >= 11 is 0. The summed E-state index contributed by atoms with van der Waals surface area (Å²) in [6, 6.07) is 3.40. The first kappa shape index (κ1) is 11.2. The second-order valence-corrected chi connectivity index (χ2v) is 3.58. The van der Waals surface area contributed by atoms with Crippen LogP contribution < -0.4 is 11.1 Å². The molecule has 0 saturated carbocycles. The van der Waals surface area contributed by atoms with Gasteiger partial charge in [-0.25, -0.2) is 4.98 Å². The Bertz CT molecular complexity index is 406. The summed E-state index contributed by atoms with van der Waals surface area (Å²) < 4.78 is 0. The van der Waals surface area contributed by atoms with E-state index in [4.69, 9.17) is 5.73 Å². The second-order valence-electron chi connectivity index (χ2n) is 3.58. The summed E-state index contributed by atoms with van der Waals surface area (Å²) in [6.45, 7) is 5.54. The number of nitrogens with one attached hydrogen (secondary N) is 1. The maximum Gasteiger partial charge on any atom is 0.248 e. The summed E-state index contributed by atoms with van der Waals surface area (Å²) in [7, 11) is 0. The number of anilines is 2. The number of carbonyl (C=O) groups excluding carboxylic acids is 1. The molecule has 0 atom stereocenters. The number of allylic oxidation sites excluding steroid dienone is 1. The molecular weight excluding hydrogens is 190 g/mol. The van der Waals surface area contributed by atoms with E-state index in [1.54, 1.807) is 19.1 Å². The third-order valence-electron chi connectivity index (χ3n) is 1.78. The highest BCUT2D eigenvalue weighted by Gasteiger charge is 2.02. The van der Waals surface area contributed by atoms with Crippen molar-refractivity contribution >= 4 is 17.4 Å². The number of nitrogens with zero attached hydrogens (tertiary/aromatic N) is 1. The van der Waals surface area contributed by atoms with Gasteiger partial charge in [-0.1, -0.05) is 5.57 Å². The van der Waals surface area contributed by atoms with Gasteiger partial charge < -0.3 is 11.1 Å². The molecule has 1 heterocycles. The first-order valence-electron chi connectivity index (χ1n) is 4.68. The molecule has 3 N–H and O–H groups in total. The number of nitrogens with two attached hydrogens (primary N) is 1. The van der Waals surface area contributed by atoms with E-state index in [1.807, 2.05) is 13.8 Å². The van der Waals surface area contributed by atoms with Crippen LogP contribution in [0.15, 0.2) is 23.8 Å². The van der Waals surface area contributed by atoms with E-state index in [0.717, 1.165) is 5.57 Å². The predicted molar refractivity (Wildman–Crippen MR) is 61.4 cm³/mol. The monoisotopic (exact) mass is 205 g/mol. The second kappa shape index (κ2) is 4.59. The van der Waals surface area contributed by atoms with Crippen LogP contribution in [0.2, 0.25) is 0 Å². The Morgan fingerprint density at radius 1 is 1.47 bits per heavy atom. The largest absolute Gasteiger partial charge is 0.384 e. The van der Waals surface area contributed by atoms with Crippen LogP contribution >= 0.6 is 0 Å². The Balaban J connectivity index is 2.82. The molecule has 0 spiro atoms. The molecule has 15 heavy (non-hydrogen) atoms. The van der Waals surface area contributed by atoms with Crippen molar-refractivity contribution in [1.29, 1.82) is 0 Å². The van der Waals surface area contributed by atoms with Crippen molar-refractivity contribution in [2.24, 2.45) is 0 Å². The zero-order valence-electron chi connectivity index (χ0n) is 9.16.